The van der Waals surface area contributed by atoms with Gasteiger partial charge < -0.3 is 5.32 Å². The second-order valence-corrected chi connectivity index (χ2v) is 6.71. The van der Waals surface area contributed by atoms with Crippen LogP contribution in [-0.4, -0.2) is 23.7 Å². The van der Waals surface area contributed by atoms with Crippen molar-refractivity contribution in [2.24, 2.45) is 4.99 Å². The van der Waals surface area contributed by atoms with E-state index in [1.165, 1.54) is 49.0 Å². The Bertz CT molecular complexity index is 687. The molecule has 0 amide bonds. The zero-order valence-corrected chi connectivity index (χ0v) is 13.7. The summed E-state index contributed by atoms with van der Waals surface area (Å²) in [5.74, 6) is 0. The number of aldehydes is 1. The molecule has 2 aromatic rings. The predicted octanol–water partition coefficient (Wildman–Crippen LogP) is 4.44. The first-order valence-electron chi connectivity index (χ1n) is 7.97. The highest BCUT2D eigenvalue weighted by Crippen LogP contribution is 2.35. The van der Waals surface area contributed by atoms with Crippen LogP contribution in [0.2, 0.25) is 0 Å². The maximum Gasteiger partial charge on any atom is 0.162 e. The molecule has 22 heavy (non-hydrogen) atoms. The number of pyridine rings is 1. The highest BCUT2D eigenvalue weighted by Gasteiger charge is 2.15. The van der Waals surface area contributed by atoms with E-state index in [0.717, 1.165) is 28.6 Å². The van der Waals surface area contributed by atoms with Gasteiger partial charge in [-0.2, -0.15) is 0 Å². The van der Waals surface area contributed by atoms with Crippen molar-refractivity contribution in [1.82, 2.24) is 4.98 Å². The van der Waals surface area contributed by atoms with Gasteiger partial charge in [0, 0.05) is 11.6 Å². The van der Waals surface area contributed by atoms with Gasteiger partial charge in [0.25, 0.3) is 0 Å². The molecule has 0 radical (unpaired) electrons. The maximum absolute atomic E-state index is 11.4. The van der Waals surface area contributed by atoms with Crippen LogP contribution in [0.4, 0.5) is 5.69 Å². The molecular formula is C17H21N3OS. The van der Waals surface area contributed by atoms with Crippen LogP contribution in [-0.2, 0) is 6.42 Å². The molecule has 5 heteroatoms. The number of carbonyl (C=O) groups excluding carboxylic acids is 1. The highest BCUT2D eigenvalue weighted by atomic mass is 32.1. The van der Waals surface area contributed by atoms with Crippen LogP contribution in [0.1, 0.15) is 54.3 Å². The van der Waals surface area contributed by atoms with Crippen LogP contribution in [0.5, 0.6) is 0 Å². The SMILES string of the molecule is CCc1ccnc2sc(C=O)c(NC=NC3CCCCC3)c12. The Hall–Kier alpha value is -1.75. The minimum absolute atomic E-state index is 0.426. The number of anilines is 1. The standard InChI is InChI=1S/C17H21N3OS/c1-2-12-8-9-18-17-15(12)16(14(10-21)22-17)20-11-19-13-6-4-3-5-7-13/h8-11,13H,2-7H2,1H3,(H,19,20). The lowest BCUT2D eigenvalue weighted by Crippen LogP contribution is -2.11. The Morgan fingerprint density at radius 3 is 2.95 bits per heavy atom. The Kier molecular flexibility index (Phi) is 4.83. The number of rotatable bonds is 5. The third kappa shape index (κ3) is 3.04. The minimum Gasteiger partial charge on any atom is -0.345 e. The summed E-state index contributed by atoms with van der Waals surface area (Å²) in [5, 5.41) is 4.32. The van der Waals surface area contributed by atoms with E-state index < -0.39 is 0 Å². The van der Waals surface area contributed by atoms with Gasteiger partial charge in [0.05, 0.1) is 22.9 Å². The molecule has 0 bridgehead atoms. The van der Waals surface area contributed by atoms with E-state index in [1.54, 1.807) is 6.34 Å². The highest BCUT2D eigenvalue weighted by molar-refractivity contribution is 7.21. The van der Waals surface area contributed by atoms with Gasteiger partial charge >= 0.3 is 0 Å². The van der Waals surface area contributed by atoms with Crippen molar-refractivity contribution in [2.75, 3.05) is 5.32 Å². The minimum atomic E-state index is 0.426. The zero-order chi connectivity index (χ0) is 15.4. The molecule has 2 heterocycles. The summed E-state index contributed by atoms with van der Waals surface area (Å²) < 4.78 is 0. The van der Waals surface area contributed by atoms with E-state index in [1.807, 2.05) is 12.3 Å². The number of hydrogen-bond donors (Lipinski definition) is 1. The largest absolute Gasteiger partial charge is 0.345 e. The van der Waals surface area contributed by atoms with E-state index in [-0.39, 0.29) is 0 Å². The van der Waals surface area contributed by atoms with Gasteiger partial charge in [0.1, 0.15) is 4.83 Å². The molecule has 116 valence electrons. The molecule has 1 N–H and O–H groups in total. The summed E-state index contributed by atoms with van der Waals surface area (Å²) in [6, 6.07) is 2.45. The molecule has 1 fully saturated rings. The topological polar surface area (TPSA) is 54.4 Å². The van der Waals surface area contributed by atoms with E-state index in [9.17, 15) is 4.79 Å². The van der Waals surface area contributed by atoms with Crippen molar-refractivity contribution < 1.29 is 4.79 Å². The first kappa shape index (κ1) is 15.2. The quantitative estimate of drug-likeness (QED) is 0.504. The zero-order valence-electron chi connectivity index (χ0n) is 12.8. The second kappa shape index (κ2) is 7.01. The van der Waals surface area contributed by atoms with Gasteiger partial charge in [0.15, 0.2) is 6.29 Å². The molecule has 1 saturated carbocycles. The van der Waals surface area contributed by atoms with Crippen molar-refractivity contribution in [3.8, 4) is 0 Å². The van der Waals surface area contributed by atoms with Crippen molar-refractivity contribution in [2.45, 2.75) is 51.5 Å². The van der Waals surface area contributed by atoms with Crippen LogP contribution < -0.4 is 5.32 Å². The Balaban J connectivity index is 1.88. The maximum atomic E-state index is 11.4. The number of aromatic nitrogens is 1. The lowest BCUT2D eigenvalue weighted by atomic mass is 9.96. The Morgan fingerprint density at radius 2 is 2.23 bits per heavy atom. The molecule has 0 unspecified atom stereocenters. The summed E-state index contributed by atoms with van der Waals surface area (Å²) in [6.45, 7) is 2.12. The summed E-state index contributed by atoms with van der Waals surface area (Å²) >= 11 is 1.44. The van der Waals surface area contributed by atoms with Gasteiger partial charge in [-0.3, -0.25) is 9.79 Å². The van der Waals surface area contributed by atoms with Gasteiger partial charge in [-0.25, -0.2) is 4.98 Å². The lowest BCUT2D eigenvalue weighted by Gasteiger charge is -2.17. The normalized spacial score (nSPS) is 16.4. The summed E-state index contributed by atoms with van der Waals surface area (Å²) in [7, 11) is 0. The monoisotopic (exact) mass is 315 g/mol. The number of thiophene rings is 1. The van der Waals surface area contributed by atoms with Crippen molar-refractivity contribution in [1.29, 1.82) is 0 Å². The van der Waals surface area contributed by atoms with Crippen LogP contribution >= 0.6 is 11.3 Å². The molecular weight excluding hydrogens is 294 g/mol. The average Bonchev–Trinajstić information content (AvgIpc) is 2.94. The number of nitrogens with zero attached hydrogens (tertiary/aromatic N) is 2. The van der Waals surface area contributed by atoms with Crippen LogP contribution in [0.25, 0.3) is 10.2 Å². The number of nitrogens with one attached hydrogen (secondary N) is 1. The number of fused-ring (bicyclic) bond motifs is 1. The molecule has 1 aliphatic carbocycles. The summed E-state index contributed by atoms with van der Waals surface area (Å²) in [6.07, 6.45) is 11.6. The first-order valence-corrected chi connectivity index (χ1v) is 8.79. The molecule has 0 atom stereocenters. The Morgan fingerprint density at radius 1 is 1.41 bits per heavy atom. The van der Waals surface area contributed by atoms with Crippen LogP contribution in [0, 0.1) is 0 Å². The predicted molar refractivity (Wildman–Crippen MR) is 93.4 cm³/mol. The number of aliphatic imine (C=N–C) groups is 1. The van der Waals surface area contributed by atoms with Crippen LogP contribution in [0.15, 0.2) is 17.3 Å². The molecule has 0 saturated heterocycles. The van der Waals surface area contributed by atoms with Crippen LogP contribution in [0.3, 0.4) is 0 Å². The average molecular weight is 315 g/mol. The van der Waals surface area contributed by atoms with E-state index in [4.69, 9.17) is 0 Å². The molecule has 4 nitrogen and oxygen atoms in total. The van der Waals surface area contributed by atoms with Crippen molar-refractivity contribution >= 4 is 39.9 Å². The van der Waals surface area contributed by atoms with Gasteiger partial charge in [-0.15, -0.1) is 11.3 Å². The number of aryl methyl sites for hydroxylation is 1. The number of hydrogen-bond acceptors (Lipinski definition) is 4. The van der Waals surface area contributed by atoms with Gasteiger partial charge in [-0.1, -0.05) is 26.2 Å². The van der Waals surface area contributed by atoms with Gasteiger partial charge in [0.2, 0.25) is 0 Å². The first-order chi connectivity index (χ1) is 10.8. The fourth-order valence-corrected chi connectivity index (χ4v) is 4.03. The summed E-state index contributed by atoms with van der Waals surface area (Å²) in [4.78, 5) is 22.0. The molecule has 0 aromatic carbocycles. The van der Waals surface area contributed by atoms with Crippen molar-refractivity contribution in [3.05, 3.63) is 22.7 Å². The third-order valence-electron chi connectivity index (χ3n) is 4.26. The fraction of sp³-hybridized carbons (Fsp3) is 0.471. The number of carbonyl (C=O) groups is 1. The Labute approximate surface area is 134 Å². The summed E-state index contributed by atoms with van der Waals surface area (Å²) in [5.41, 5.74) is 2.07. The van der Waals surface area contributed by atoms with Crippen molar-refractivity contribution in [3.63, 3.8) is 0 Å². The van der Waals surface area contributed by atoms with E-state index in [0.29, 0.717) is 10.9 Å². The second-order valence-electron chi connectivity index (χ2n) is 5.68. The lowest BCUT2D eigenvalue weighted by molar-refractivity contribution is 0.112. The third-order valence-corrected chi connectivity index (χ3v) is 5.29. The smallest absolute Gasteiger partial charge is 0.162 e. The molecule has 0 aliphatic heterocycles. The van der Waals surface area contributed by atoms with Gasteiger partial charge in [-0.05, 0) is 30.9 Å². The molecule has 3 rings (SSSR count). The fourth-order valence-electron chi connectivity index (χ4n) is 3.06. The molecule has 2 aromatic heterocycles. The molecule has 0 spiro atoms. The van der Waals surface area contributed by atoms with E-state index >= 15 is 0 Å². The van der Waals surface area contributed by atoms with E-state index in [2.05, 4.69) is 22.2 Å². The molecule has 1 aliphatic rings.